The second-order valence-corrected chi connectivity index (χ2v) is 4.60. The lowest BCUT2D eigenvalue weighted by Gasteiger charge is -1.98. The Morgan fingerprint density at radius 1 is 1.44 bits per heavy atom. The Hall–Kier alpha value is -2.08. The van der Waals surface area contributed by atoms with Gasteiger partial charge in [0.1, 0.15) is 5.69 Å². The highest BCUT2D eigenvalue weighted by molar-refractivity contribution is 9.10. The van der Waals surface area contributed by atoms with Gasteiger partial charge in [0.15, 0.2) is 0 Å². The van der Waals surface area contributed by atoms with Crippen LogP contribution in [0.4, 0.5) is 0 Å². The molecule has 2 heterocycles. The molecular weight excluding hydrogens is 300 g/mol. The summed E-state index contributed by atoms with van der Waals surface area (Å²) >= 11 is 3.43. The summed E-state index contributed by atoms with van der Waals surface area (Å²) in [4.78, 5) is 13.9. The van der Waals surface area contributed by atoms with Crippen molar-refractivity contribution in [2.24, 2.45) is 0 Å². The van der Waals surface area contributed by atoms with E-state index < -0.39 is 5.97 Å². The van der Waals surface area contributed by atoms with Crippen molar-refractivity contribution in [3.8, 4) is 11.3 Å². The molecule has 0 amide bonds. The number of carboxylic acids is 1. The summed E-state index contributed by atoms with van der Waals surface area (Å²) in [5.41, 5.74) is 2.18. The summed E-state index contributed by atoms with van der Waals surface area (Å²) in [5.74, 6) is -1.30. The van der Waals surface area contributed by atoms with Crippen LogP contribution >= 0.6 is 15.9 Å². The molecule has 1 aromatic carbocycles. The molecule has 5 nitrogen and oxygen atoms in total. The number of nitrogens with zero attached hydrogens (tertiary/aromatic N) is 1. The average Bonchev–Trinajstić information content (AvgIpc) is 2.97. The number of carbonyl (C=O) groups is 1. The maximum absolute atomic E-state index is 10.8. The molecule has 0 aliphatic carbocycles. The van der Waals surface area contributed by atoms with Gasteiger partial charge in [-0.15, -0.1) is 0 Å². The number of benzene rings is 1. The fourth-order valence-electron chi connectivity index (χ4n) is 1.84. The standard InChI is InChI=1S/C12H7BrN2O3/c13-8-5-14-11-6(8)2-1-3-7(11)9-4-10(12(16)17)18-15-9/h1-5,14H,(H,16,17). The van der Waals surface area contributed by atoms with Gasteiger partial charge < -0.3 is 14.6 Å². The number of para-hydroxylation sites is 1. The zero-order valence-electron chi connectivity index (χ0n) is 8.98. The monoisotopic (exact) mass is 306 g/mol. The predicted molar refractivity (Wildman–Crippen MR) is 68.5 cm³/mol. The third-order valence-corrected chi connectivity index (χ3v) is 3.32. The molecule has 18 heavy (non-hydrogen) atoms. The van der Waals surface area contributed by atoms with Crippen molar-refractivity contribution in [2.75, 3.05) is 0 Å². The number of H-pyrrole nitrogens is 1. The number of fused-ring (bicyclic) bond motifs is 1. The van der Waals surface area contributed by atoms with Crippen molar-refractivity contribution in [1.82, 2.24) is 10.1 Å². The van der Waals surface area contributed by atoms with Gasteiger partial charge >= 0.3 is 5.97 Å². The van der Waals surface area contributed by atoms with E-state index in [1.165, 1.54) is 6.07 Å². The van der Waals surface area contributed by atoms with E-state index in [-0.39, 0.29) is 5.76 Å². The molecule has 0 bridgehead atoms. The van der Waals surface area contributed by atoms with Gasteiger partial charge in [0.05, 0.1) is 5.52 Å². The molecule has 0 fully saturated rings. The Bertz CT molecular complexity index is 745. The summed E-state index contributed by atoms with van der Waals surface area (Å²) in [6, 6.07) is 7.10. The molecule has 6 heteroatoms. The van der Waals surface area contributed by atoms with Crippen LogP contribution in [-0.4, -0.2) is 21.2 Å². The van der Waals surface area contributed by atoms with Gasteiger partial charge in [-0.05, 0) is 15.9 Å². The predicted octanol–water partition coefficient (Wildman–Crippen LogP) is 3.28. The Morgan fingerprint density at radius 2 is 2.28 bits per heavy atom. The summed E-state index contributed by atoms with van der Waals surface area (Å²) < 4.78 is 5.71. The van der Waals surface area contributed by atoms with Gasteiger partial charge in [-0.2, -0.15) is 0 Å². The maximum Gasteiger partial charge on any atom is 0.374 e. The van der Waals surface area contributed by atoms with E-state index >= 15 is 0 Å². The van der Waals surface area contributed by atoms with Crippen LogP contribution in [0.1, 0.15) is 10.6 Å². The van der Waals surface area contributed by atoms with Gasteiger partial charge in [-0.3, -0.25) is 0 Å². The van der Waals surface area contributed by atoms with Crippen LogP contribution in [0.15, 0.2) is 39.5 Å². The zero-order valence-corrected chi connectivity index (χ0v) is 10.6. The minimum absolute atomic E-state index is 0.173. The van der Waals surface area contributed by atoms with E-state index in [0.717, 1.165) is 20.9 Å². The molecule has 0 saturated carbocycles. The number of carboxylic acid groups (broad SMARTS) is 1. The fraction of sp³-hybridized carbons (Fsp3) is 0. The number of halogens is 1. The number of aromatic carboxylic acids is 1. The number of rotatable bonds is 2. The van der Waals surface area contributed by atoms with Crippen LogP contribution in [0.2, 0.25) is 0 Å². The summed E-state index contributed by atoms with van der Waals surface area (Å²) in [6.45, 7) is 0. The molecule has 2 aromatic heterocycles. The molecule has 0 saturated heterocycles. The van der Waals surface area contributed by atoms with Gasteiger partial charge in [-0.25, -0.2) is 4.79 Å². The molecule has 2 N–H and O–H groups in total. The maximum atomic E-state index is 10.8. The van der Waals surface area contributed by atoms with E-state index in [4.69, 9.17) is 9.63 Å². The molecule has 0 aliphatic heterocycles. The van der Waals surface area contributed by atoms with Crippen molar-refractivity contribution >= 4 is 32.8 Å². The van der Waals surface area contributed by atoms with Crippen molar-refractivity contribution in [2.45, 2.75) is 0 Å². The van der Waals surface area contributed by atoms with Crippen molar-refractivity contribution in [3.63, 3.8) is 0 Å². The average molecular weight is 307 g/mol. The lowest BCUT2D eigenvalue weighted by molar-refractivity contribution is 0.0652. The van der Waals surface area contributed by atoms with Crippen LogP contribution < -0.4 is 0 Å². The van der Waals surface area contributed by atoms with Gasteiger partial charge in [-0.1, -0.05) is 23.4 Å². The van der Waals surface area contributed by atoms with Crippen molar-refractivity contribution in [3.05, 3.63) is 40.7 Å². The van der Waals surface area contributed by atoms with Crippen LogP contribution in [0.3, 0.4) is 0 Å². The third-order valence-electron chi connectivity index (χ3n) is 2.66. The molecule has 0 radical (unpaired) electrons. The molecule has 0 unspecified atom stereocenters. The normalized spacial score (nSPS) is 10.9. The van der Waals surface area contributed by atoms with Gasteiger partial charge in [0.2, 0.25) is 5.76 Å². The van der Waals surface area contributed by atoms with Crippen LogP contribution in [0, 0.1) is 0 Å². The first kappa shape index (κ1) is 11.0. The number of aromatic amines is 1. The van der Waals surface area contributed by atoms with Crippen LogP contribution in [0.5, 0.6) is 0 Å². The molecular formula is C12H7BrN2O3. The van der Waals surface area contributed by atoms with Crippen molar-refractivity contribution in [1.29, 1.82) is 0 Å². The molecule has 90 valence electrons. The van der Waals surface area contributed by atoms with Crippen molar-refractivity contribution < 1.29 is 14.4 Å². The van der Waals surface area contributed by atoms with E-state index in [9.17, 15) is 4.79 Å². The fourth-order valence-corrected chi connectivity index (χ4v) is 2.28. The van der Waals surface area contributed by atoms with E-state index in [2.05, 4.69) is 26.1 Å². The topological polar surface area (TPSA) is 79.1 Å². The highest BCUT2D eigenvalue weighted by atomic mass is 79.9. The lowest BCUT2D eigenvalue weighted by Crippen LogP contribution is -1.91. The zero-order chi connectivity index (χ0) is 12.7. The second-order valence-electron chi connectivity index (χ2n) is 3.75. The van der Waals surface area contributed by atoms with Gasteiger partial charge in [0.25, 0.3) is 0 Å². The van der Waals surface area contributed by atoms with Gasteiger partial charge in [0, 0.05) is 27.7 Å². The SMILES string of the molecule is O=C(O)c1cc(-c2cccc3c(Br)c[nH]c23)no1. The largest absolute Gasteiger partial charge is 0.475 e. The summed E-state index contributed by atoms with van der Waals surface area (Å²) in [7, 11) is 0. The lowest BCUT2D eigenvalue weighted by atomic mass is 10.1. The number of aromatic nitrogens is 2. The first-order chi connectivity index (χ1) is 8.66. The highest BCUT2D eigenvalue weighted by Gasteiger charge is 2.15. The quantitative estimate of drug-likeness (QED) is 0.761. The number of nitrogens with one attached hydrogen (secondary N) is 1. The Morgan fingerprint density at radius 3 is 3.00 bits per heavy atom. The first-order valence-corrected chi connectivity index (χ1v) is 5.92. The van der Waals surface area contributed by atoms with Crippen LogP contribution in [0.25, 0.3) is 22.2 Å². The Labute approximate surface area is 110 Å². The summed E-state index contributed by atoms with van der Waals surface area (Å²) in [5, 5.41) is 13.6. The first-order valence-electron chi connectivity index (χ1n) is 5.13. The Kier molecular flexibility index (Phi) is 2.45. The molecule has 0 aliphatic rings. The highest BCUT2D eigenvalue weighted by Crippen LogP contribution is 2.31. The second kappa shape index (κ2) is 3.99. The van der Waals surface area contributed by atoms with E-state index in [1.807, 2.05) is 24.4 Å². The Balaban J connectivity index is 2.21. The van der Waals surface area contributed by atoms with E-state index in [0.29, 0.717) is 5.69 Å². The smallest absolute Gasteiger partial charge is 0.374 e. The molecule has 3 rings (SSSR count). The number of hydrogen-bond donors (Lipinski definition) is 2. The third kappa shape index (κ3) is 1.62. The minimum atomic E-state index is -1.13. The summed E-state index contributed by atoms with van der Waals surface area (Å²) in [6.07, 6.45) is 1.83. The molecule has 3 aromatic rings. The van der Waals surface area contributed by atoms with Crippen LogP contribution in [-0.2, 0) is 0 Å². The molecule has 0 atom stereocenters. The minimum Gasteiger partial charge on any atom is -0.475 e. The number of hydrogen-bond acceptors (Lipinski definition) is 3. The van der Waals surface area contributed by atoms with E-state index in [1.54, 1.807) is 0 Å². The molecule has 0 spiro atoms.